The van der Waals surface area contributed by atoms with Crippen molar-refractivity contribution in [3.05, 3.63) is 29.8 Å². The van der Waals surface area contributed by atoms with Crippen LogP contribution in [0.1, 0.15) is 11.6 Å². The van der Waals surface area contributed by atoms with Crippen LogP contribution in [0.5, 0.6) is 0 Å². The van der Waals surface area contributed by atoms with Gasteiger partial charge in [0, 0.05) is 6.92 Å². The maximum atomic E-state index is 5.88. The molecule has 2 aromatic heterocycles. The number of aliphatic imine (C=N–C) groups is 1. The van der Waals surface area contributed by atoms with Crippen molar-refractivity contribution in [2.24, 2.45) is 16.6 Å². The first-order chi connectivity index (χ1) is 9.69. The molecule has 0 saturated carbocycles. The van der Waals surface area contributed by atoms with Crippen LogP contribution in [0.25, 0.3) is 11.1 Å². The number of para-hydroxylation sites is 1. The van der Waals surface area contributed by atoms with Crippen LogP contribution in [0.15, 0.2) is 32.2 Å². The fourth-order valence-electron chi connectivity index (χ4n) is 1.77. The van der Waals surface area contributed by atoms with Crippen LogP contribution in [0.2, 0.25) is 0 Å². The molecule has 102 valence electrons. The van der Waals surface area contributed by atoms with Gasteiger partial charge in [-0.05, 0) is 22.4 Å². The highest BCUT2D eigenvalue weighted by Gasteiger charge is 2.14. The molecule has 2 heterocycles. The van der Waals surface area contributed by atoms with E-state index in [0.29, 0.717) is 22.7 Å². The van der Waals surface area contributed by atoms with E-state index in [1.807, 2.05) is 0 Å². The van der Waals surface area contributed by atoms with Crippen molar-refractivity contribution in [1.82, 2.24) is 15.3 Å². The number of rotatable bonds is 3. The number of nitrogens with zero attached hydrogens (tertiary/aromatic N) is 4. The lowest BCUT2D eigenvalue weighted by atomic mass is 10.3. The molecule has 0 bridgehead atoms. The Morgan fingerprint density at radius 3 is 3.00 bits per heavy atom. The summed E-state index contributed by atoms with van der Waals surface area (Å²) in [6, 6.07) is 5.36. The molecule has 5 N–H and O–H groups in total. The molecule has 0 radical (unpaired) electrons. The molecule has 0 aliphatic rings. The SMILES string of the molecule is Cc1nc2c(N=C(N)c3nonc3NN)cccc2o1. The molecule has 1 aromatic carbocycles. The van der Waals surface area contributed by atoms with Gasteiger partial charge in [0.2, 0.25) is 5.82 Å². The number of aryl methyl sites for hydroxylation is 1. The second-order valence-electron chi connectivity index (χ2n) is 3.96. The third-order valence-electron chi connectivity index (χ3n) is 2.61. The number of fused-ring (bicyclic) bond motifs is 1. The summed E-state index contributed by atoms with van der Waals surface area (Å²) in [5.41, 5.74) is 10.2. The smallest absolute Gasteiger partial charge is 0.216 e. The van der Waals surface area contributed by atoms with Crippen molar-refractivity contribution >= 4 is 28.4 Å². The van der Waals surface area contributed by atoms with Gasteiger partial charge in [0.15, 0.2) is 23.0 Å². The number of aromatic nitrogens is 3. The summed E-state index contributed by atoms with van der Waals surface area (Å²) < 4.78 is 9.98. The van der Waals surface area contributed by atoms with E-state index in [1.165, 1.54) is 0 Å². The van der Waals surface area contributed by atoms with Crippen molar-refractivity contribution in [3.63, 3.8) is 0 Å². The lowest BCUT2D eigenvalue weighted by Gasteiger charge is -1.99. The molecule has 0 aliphatic heterocycles. The van der Waals surface area contributed by atoms with Crippen LogP contribution in [-0.4, -0.2) is 21.1 Å². The molecule has 0 atom stereocenters. The Balaban J connectivity index is 2.09. The fourth-order valence-corrected chi connectivity index (χ4v) is 1.77. The summed E-state index contributed by atoms with van der Waals surface area (Å²) in [5.74, 6) is 6.13. The highest BCUT2D eigenvalue weighted by molar-refractivity contribution is 6.02. The van der Waals surface area contributed by atoms with Gasteiger partial charge in [-0.1, -0.05) is 6.07 Å². The zero-order valence-corrected chi connectivity index (χ0v) is 10.5. The van der Waals surface area contributed by atoms with Gasteiger partial charge in [-0.25, -0.2) is 20.4 Å². The maximum Gasteiger partial charge on any atom is 0.216 e. The molecule has 9 heteroatoms. The molecule has 0 unspecified atom stereocenters. The standard InChI is InChI=1S/C11H11N7O2/c1-5-14-8-6(3-2-4-7(8)19-5)15-10(12)9-11(16-13)18-20-17-9/h2-4H,13H2,1H3,(H2,12,15)(H,16,18). The molecular formula is C11H11N7O2. The van der Waals surface area contributed by atoms with Gasteiger partial charge in [0.1, 0.15) is 5.52 Å². The van der Waals surface area contributed by atoms with Crippen molar-refractivity contribution in [2.75, 3.05) is 5.43 Å². The quantitative estimate of drug-likeness (QED) is 0.276. The van der Waals surface area contributed by atoms with Crippen LogP contribution in [0, 0.1) is 6.92 Å². The zero-order chi connectivity index (χ0) is 14.1. The van der Waals surface area contributed by atoms with E-state index in [0.717, 1.165) is 0 Å². The number of nitrogens with one attached hydrogen (secondary N) is 1. The third kappa shape index (κ3) is 1.95. The molecule has 0 amide bonds. The Labute approximate surface area is 112 Å². The third-order valence-corrected chi connectivity index (χ3v) is 2.61. The lowest BCUT2D eigenvalue weighted by Crippen LogP contribution is -2.18. The molecule has 0 spiro atoms. The van der Waals surface area contributed by atoms with Crippen molar-refractivity contribution in [2.45, 2.75) is 6.92 Å². The lowest BCUT2D eigenvalue weighted by molar-refractivity contribution is 0.308. The maximum absolute atomic E-state index is 5.88. The summed E-state index contributed by atoms with van der Waals surface area (Å²) in [7, 11) is 0. The Morgan fingerprint density at radius 1 is 1.35 bits per heavy atom. The topological polar surface area (TPSA) is 141 Å². The summed E-state index contributed by atoms with van der Waals surface area (Å²) >= 11 is 0. The highest BCUT2D eigenvalue weighted by Crippen LogP contribution is 2.26. The van der Waals surface area contributed by atoms with Crippen molar-refractivity contribution in [3.8, 4) is 0 Å². The normalized spacial score (nSPS) is 12.0. The Bertz CT molecular complexity index is 789. The molecule has 20 heavy (non-hydrogen) atoms. The van der Waals surface area contributed by atoms with E-state index in [-0.39, 0.29) is 17.3 Å². The van der Waals surface area contributed by atoms with Crippen LogP contribution in [0.4, 0.5) is 11.5 Å². The minimum absolute atomic E-state index is 0.104. The van der Waals surface area contributed by atoms with Crippen LogP contribution in [0.3, 0.4) is 0 Å². The van der Waals surface area contributed by atoms with Crippen LogP contribution >= 0.6 is 0 Å². The predicted octanol–water partition coefficient (Wildman–Crippen LogP) is 0.842. The van der Waals surface area contributed by atoms with E-state index >= 15 is 0 Å². The predicted molar refractivity (Wildman–Crippen MR) is 71.2 cm³/mol. The number of anilines is 1. The summed E-state index contributed by atoms with van der Waals surface area (Å²) in [6.07, 6.45) is 0. The van der Waals surface area contributed by atoms with Gasteiger partial charge in [0.25, 0.3) is 0 Å². The first-order valence-electron chi connectivity index (χ1n) is 5.69. The minimum Gasteiger partial charge on any atom is -0.441 e. The molecule has 0 aliphatic carbocycles. The zero-order valence-electron chi connectivity index (χ0n) is 10.5. The van der Waals surface area contributed by atoms with E-state index in [4.69, 9.17) is 16.0 Å². The van der Waals surface area contributed by atoms with E-state index in [2.05, 4.69) is 30.3 Å². The van der Waals surface area contributed by atoms with Crippen LogP contribution < -0.4 is 17.0 Å². The summed E-state index contributed by atoms with van der Waals surface area (Å²) in [5, 5.41) is 7.19. The van der Waals surface area contributed by atoms with Crippen LogP contribution in [-0.2, 0) is 0 Å². The second-order valence-corrected chi connectivity index (χ2v) is 3.96. The molecule has 3 aromatic rings. The first kappa shape index (κ1) is 12.1. The monoisotopic (exact) mass is 273 g/mol. The number of hydrogen-bond acceptors (Lipinski definition) is 8. The highest BCUT2D eigenvalue weighted by atomic mass is 16.6. The van der Waals surface area contributed by atoms with Gasteiger partial charge < -0.3 is 15.6 Å². The van der Waals surface area contributed by atoms with Gasteiger partial charge in [-0.3, -0.25) is 0 Å². The van der Waals surface area contributed by atoms with Crippen molar-refractivity contribution in [1.29, 1.82) is 0 Å². The average molecular weight is 273 g/mol. The van der Waals surface area contributed by atoms with E-state index < -0.39 is 0 Å². The number of benzene rings is 1. The van der Waals surface area contributed by atoms with Crippen molar-refractivity contribution < 1.29 is 9.05 Å². The second kappa shape index (κ2) is 4.63. The average Bonchev–Trinajstić information content (AvgIpc) is 3.03. The summed E-state index contributed by atoms with van der Waals surface area (Å²) in [4.78, 5) is 8.53. The molecule has 0 fully saturated rings. The largest absolute Gasteiger partial charge is 0.441 e. The fraction of sp³-hybridized carbons (Fsp3) is 0.0909. The summed E-state index contributed by atoms with van der Waals surface area (Å²) in [6.45, 7) is 1.76. The van der Waals surface area contributed by atoms with Gasteiger partial charge in [-0.15, -0.1) is 0 Å². The number of hydrogen-bond donors (Lipinski definition) is 3. The molecule has 0 saturated heterocycles. The van der Waals surface area contributed by atoms with Gasteiger partial charge in [0.05, 0.1) is 5.69 Å². The first-order valence-corrected chi connectivity index (χ1v) is 5.69. The molecular weight excluding hydrogens is 262 g/mol. The van der Waals surface area contributed by atoms with E-state index in [9.17, 15) is 0 Å². The number of amidine groups is 1. The molecule has 3 rings (SSSR count). The van der Waals surface area contributed by atoms with Gasteiger partial charge >= 0.3 is 0 Å². The number of nitrogens with two attached hydrogens (primary N) is 2. The van der Waals surface area contributed by atoms with E-state index in [1.54, 1.807) is 25.1 Å². The molecule has 9 nitrogen and oxygen atoms in total. The Hall–Kier alpha value is -2.94. The minimum atomic E-state index is 0.104. The Morgan fingerprint density at radius 2 is 2.20 bits per heavy atom. The number of nitrogen functional groups attached to an aromatic ring is 1. The number of oxazole rings is 1. The van der Waals surface area contributed by atoms with Gasteiger partial charge in [-0.2, -0.15) is 0 Å². The Kier molecular flexibility index (Phi) is 2.80. The number of hydrazine groups is 1.